The van der Waals surface area contributed by atoms with E-state index in [1.165, 1.54) is 0 Å². The Hall–Kier alpha value is -1.06. The van der Waals surface area contributed by atoms with Gasteiger partial charge in [0.05, 0.1) is 12.6 Å². The lowest BCUT2D eigenvalue weighted by molar-refractivity contribution is -0.120. The lowest BCUT2D eigenvalue weighted by Gasteiger charge is -2.14. The smallest absolute Gasteiger partial charge is 0.234 e. The molecule has 0 heterocycles. The van der Waals surface area contributed by atoms with Gasteiger partial charge in [-0.05, 0) is 31.2 Å². The standard InChI is InChI=1S/C12H17ClN2O/c1-3-14-8-12(16)15-9(2)10-5-4-6-11(13)7-10/h4-7,9,14H,3,8H2,1-2H3,(H,15,16)/t9-/m0/s1. The van der Waals surface area contributed by atoms with Gasteiger partial charge in [-0.3, -0.25) is 4.79 Å². The number of amides is 1. The van der Waals surface area contributed by atoms with Crippen LogP contribution in [0.1, 0.15) is 25.5 Å². The number of halogens is 1. The van der Waals surface area contributed by atoms with E-state index in [0.29, 0.717) is 11.6 Å². The topological polar surface area (TPSA) is 41.1 Å². The van der Waals surface area contributed by atoms with Gasteiger partial charge in [-0.1, -0.05) is 30.7 Å². The van der Waals surface area contributed by atoms with E-state index in [1.54, 1.807) is 0 Å². The number of likely N-dealkylation sites (N-methyl/N-ethyl adjacent to an activating group) is 1. The molecule has 1 aromatic rings. The molecular weight excluding hydrogens is 224 g/mol. The second-order valence-electron chi connectivity index (χ2n) is 3.62. The average molecular weight is 241 g/mol. The fraction of sp³-hybridized carbons (Fsp3) is 0.417. The summed E-state index contributed by atoms with van der Waals surface area (Å²) in [6.07, 6.45) is 0. The fourth-order valence-corrected chi connectivity index (χ4v) is 1.59. The SMILES string of the molecule is CCNCC(=O)N[C@@H](C)c1cccc(Cl)c1. The normalized spacial score (nSPS) is 12.2. The predicted octanol–water partition coefficient (Wildman–Crippen LogP) is 2.13. The first kappa shape index (κ1) is 13.0. The van der Waals surface area contributed by atoms with Crippen LogP contribution in [-0.2, 0) is 4.79 Å². The largest absolute Gasteiger partial charge is 0.348 e. The predicted molar refractivity (Wildman–Crippen MR) is 66.6 cm³/mol. The zero-order valence-electron chi connectivity index (χ0n) is 9.59. The van der Waals surface area contributed by atoms with Crippen LogP contribution < -0.4 is 10.6 Å². The molecule has 0 aliphatic heterocycles. The van der Waals surface area contributed by atoms with Crippen molar-refractivity contribution in [2.24, 2.45) is 0 Å². The van der Waals surface area contributed by atoms with Gasteiger partial charge >= 0.3 is 0 Å². The highest BCUT2D eigenvalue weighted by molar-refractivity contribution is 6.30. The van der Waals surface area contributed by atoms with Crippen LogP contribution in [0.25, 0.3) is 0 Å². The van der Waals surface area contributed by atoms with Gasteiger partial charge in [0, 0.05) is 5.02 Å². The number of benzene rings is 1. The minimum atomic E-state index is -0.0233. The van der Waals surface area contributed by atoms with E-state index in [9.17, 15) is 4.79 Å². The summed E-state index contributed by atoms with van der Waals surface area (Å²) in [5.41, 5.74) is 1.01. The van der Waals surface area contributed by atoms with Crippen molar-refractivity contribution >= 4 is 17.5 Å². The molecule has 0 spiro atoms. The van der Waals surface area contributed by atoms with Crippen molar-refractivity contribution in [1.82, 2.24) is 10.6 Å². The van der Waals surface area contributed by atoms with Crippen LogP contribution in [0, 0.1) is 0 Å². The van der Waals surface area contributed by atoms with Gasteiger partial charge in [-0.25, -0.2) is 0 Å². The van der Waals surface area contributed by atoms with Crippen molar-refractivity contribution < 1.29 is 4.79 Å². The maximum absolute atomic E-state index is 11.5. The first-order valence-corrected chi connectivity index (χ1v) is 5.76. The highest BCUT2D eigenvalue weighted by atomic mass is 35.5. The lowest BCUT2D eigenvalue weighted by Crippen LogP contribution is -2.35. The summed E-state index contributed by atoms with van der Waals surface area (Å²) in [6, 6.07) is 7.48. The minimum Gasteiger partial charge on any atom is -0.348 e. The number of nitrogens with one attached hydrogen (secondary N) is 2. The average Bonchev–Trinajstić information content (AvgIpc) is 2.26. The van der Waals surface area contributed by atoms with E-state index in [1.807, 2.05) is 38.1 Å². The molecule has 1 rings (SSSR count). The maximum atomic E-state index is 11.5. The highest BCUT2D eigenvalue weighted by Crippen LogP contribution is 2.16. The Kier molecular flexibility index (Phi) is 5.29. The molecule has 0 aromatic heterocycles. The molecule has 1 aromatic carbocycles. The zero-order valence-corrected chi connectivity index (χ0v) is 10.3. The molecule has 88 valence electrons. The van der Waals surface area contributed by atoms with Gasteiger partial charge in [0.15, 0.2) is 0 Å². The van der Waals surface area contributed by atoms with Crippen LogP contribution in [-0.4, -0.2) is 19.0 Å². The third kappa shape index (κ3) is 4.21. The van der Waals surface area contributed by atoms with Gasteiger partial charge in [-0.2, -0.15) is 0 Å². The molecule has 0 bridgehead atoms. The summed E-state index contributed by atoms with van der Waals surface area (Å²) in [5.74, 6) is -0.00525. The number of carbonyl (C=O) groups is 1. The Bertz CT molecular complexity index is 355. The zero-order chi connectivity index (χ0) is 12.0. The lowest BCUT2D eigenvalue weighted by atomic mass is 10.1. The monoisotopic (exact) mass is 240 g/mol. The summed E-state index contributed by atoms with van der Waals surface area (Å²) in [4.78, 5) is 11.5. The van der Waals surface area contributed by atoms with E-state index in [4.69, 9.17) is 11.6 Å². The Morgan fingerprint density at radius 3 is 2.88 bits per heavy atom. The Morgan fingerprint density at radius 1 is 1.50 bits per heavy atom. The summed E-state index contributed by atoms with van der Waals surface area (Å²) in [7, 11) is 0. The Labute approximate surface area is 101 Å². The van der Waals surface area contributed by atoms with Gasteiger partial charge in [0.2, 0.25) is 5.91 Å². The number of hydrogen-bond acceptors (Lipinski definition) is 2. The Morgan fingerprint density at radius 2 is 2.25 bits per heavy atom. The molecule has 2 N–H and O–H groups in total. The second kappa shape index (κ2) is 6.51. The van der Waals surface area contributed by atoms with Crippen molar-refractivity contribution in [3.63, 3.8) is 0 Å². The molecule has 0 saturated carbocycles. The van der Waals surface area contributed by atoms with Gasteiger partial charge in [0.1, 0.15) is 0 Å². The van der Waals surface area contributed by atoms with Crippen LogP contribution in [0.3, 0.4) is 0 Å². The molecule has 0 aliphatic carbocycles. The summed E-state index contributed by atoms with van der Waals surface area (Å²) in [5, 5.41) is 6.56. The van der Waals surface area contributed by atoms with E-state index < -0.39 is 0 Å². The van der Waals surface area contributed by atoms with Crippen molar-refractivity contribution in [3.8, 4) is 0 Å². The molecule has 0 aliphatic rings. The highest BCUT2D eigenvalue weighted by Gasteiger charge is 2.08. The number of hydrogen-bond donors (Lipinski definition) is 2. The van der Waals surface area contributed by atoms with Gasteiger partial charge in [0.25, 0.3) is 0 Å². The van der Waals surface area contributed by atoms with Gasteiger partial charge < -0.3 is 10.6 Å². The molecule has 1 atom stereocenters. The van der Waals surface area contributed by atoms with Crippen molar-refractivity contribution in [1.29, 1.82) is 0 Å². The van der Waals surface area contributed by atoms with Crippen LogP contribution in [0.5, 0.6) is 0 Å². The van der Waals surface area contributed by atoms with E-state index in [2.05, 4.69) is 10.6 Å². The molecule has 0 radical (unpaired) electrons. The molecule has 3 nitrogen and oxygen atoms in total. The fourth-order valence-electron chi connectivity index (χ4n) is 1.39. The molecule has 0 saturated heterocycles. The summed E-state index contributed by atoms with van der Waals surface area (Å²) < 4.78 is 0. The van der Waals surface area contributed by atoms with Crippen LogP contribution >= 0.6 is 11.6 Å². The summed E-state index contributed by atoms with van der Waals surface area (Å²) >= 11 is 5.88. The maximum Gasteiger partial charge on any atom is 0.234 e. The number of carbonyl (C=O) groups excluding carboxylic acids is 1. The Balaban J connectivity index is 2.52. The van der Waals surface area contributed by atoms with E-state index >= 15 is 0 Å². The summed E-state index contributed by atoms with van der Waals surface area (Å²) in [6.45, 7) is 5.05. The van der Waals surface area contributed by atoms with E-state index in [0.717, 1.165) is 12.1 Å². The third-order valence-electron chi connectivity index (χ3n) is 2.26. The molecule has 0 unspecified atom stereocenters. The van der Waals surface area contributed by atoms with Gasteiger partial charge in [-0.15, -0.1) is 0 Å². The molecule has 16 heavy (non-hydrogen) atoms. The van der Waals surface area contributed by atoms with Crippen LogP contribution in [0.15, 0.2) is 24.3 Å². The number of rotatable bonds is 5. The quantitative estimate of drug-likeness (QED) is 0.828. The van der Waals surface area contributed by atoms with Crippen molar-refractivity contribution in [3.05, 3.63) is 34.9 Å². The van der Waals surface area contributed by atoms with Crippen molar-refractivity contribution in [2.45, 2.75) is 19.9 Å². The van der Waals surface area contributed by atoms with E-state index in [-0.39, 0.29) is 11.9 Å². The van der Waals surface area contributed by atoms with Crippen molar-refractivity contribution in [2.75, 3.05) is 13.1 Å². The third-order valence-corrected chi connectivity index (χ3v) is 2.50. The first-order chi connectivity index (χ1) is 7.63. The molecule has 4 heteroatoms. The first-order valence-electron chi connectivity index (χ1n) is 5.39. The molecular formula is C12H17ClN2O. The minimum absolute atomic E-state index is 0.00525. The van der Waals surface area contributed by atoms with Crippen LogP contribution in [0.4, 0.5) is 0 Å². The van der Waals surface area contributed by atoms with Crippen LogP contribution in [0.2, 0.25) is 5.02 Å². The second-order valence-corrected chi connectivity index (χ2v) is 4.06. The molecule has 1 amide bonds. The molecule has 0 fully saturated rings.